The smallest absolute Gasteiger partial charge is 0.410 e. The predicted octanol–water partition coefficient (Wildman–Crippen LogP) is 6.88. The maximum atomic E-state index is 14.6. The third-order valence-electron chi connectivity index (χ3n) is 10.4. The van der Waals surface area contributed by atoms with Crippen LogP contribution in [-0.2, 0) is 28.9 Å². The van der Waals surface area contributed by atoms with Crippen LogP contribution in [0.1, 0.15) is 73.4 Å². The van der Waals surface area contributed by atoms with Crippen molar-refractivity contribution in [2.75, 3.05) is 32.7 Å². The van der Waals surface area contributed by atoms with Gasteiger partial charge in [-0.3, -0.25) is 19.6 Å². The summed E-state index contributed by atoms with van der Waals surface area (Å²) in [4.78, 5) is 39.5. The van der Waals surface area contributed by atoms with Gasteiger partial charge in [-0.2, -0.15) is 0 Å². The van der Waals surface area contributed by atoms with E-state index < -0.39 is 6.04 Å². The van der Waals surface area contributed by atoms with Crippen molar-refractivity contribution in [2.45, 2.75) is 82.5 Å². The molecule has 0 unspecified atom stereocenters. The Balaban J connectivity index is 1.19. The Hall–Kier alpha value is -2.88. The minimum Gasteiger partial charge on any atom is -0.446 e. The first-order chi connectivity index (χ1) is 22.4. The lowest BCUT2D eigenvalue weighted by molar-refractivity contribution is -0.141. The molecule has 46 heavy (non-hydrogen) atoms. The number of carbonyl (C=O) groups is 2. The molecule has 4 aliphatic rings. The SMILES string of the molecule is O=C([C@H]1CN([C@@H]2c3ccc(Cl)cc3CCc3cc(Br)cnc32)CCN1C(=O)OC1CCCCC1)N1CCC[C@@H](Cn2cccc2)C1. The van der Waals surface area contributed by atoms with Crippen LogP contribution in [0.2, 0.25) is 5.02 Å². The number of rotatable bonds is 5. The van der Waals surface area contributed by atoms with E-state index in [0.29, 0.717) is 38.6 Å². The van der Waals surface area contributed by atoms with Crippen molar-refractivity contribution in [3.8, 4) is 0 Å². The normalized spacial score (nSPS) is 24.2. The third kappa shape index (κ3) is 6.87. The first kappa shape index (κ1) is 31.7. The molecule has 8 nitrogen and oxygen atoms in total. The van der Waals surface area contributed by atoms with E-state index in [-0.39, 0.29) is 24.1 Å². The van der Waals surface area contributed by atoms with Gasteiger partial charge >= 0.3 is 6.09 Å². The van der Waals surface area contributed by atoms with E-state index in [4.69, 9.17) is 21.3 Å². The number of benzene rings is 1. The summed E-state index contributed by atoms with van der Waals surface area (Å²) in [5.41, 5.74) is 4.58. The van der Waals surface area contributed by atoms with Crippen molar-refractivity contribution in [2.24, 2.45) is 5.92 Å². The number of nitrogens with zero attached hydrogens (tertiary/aromatic N) is 5. The average Bonchev–Trinajstić information content (AvgIpc) is 3.53. The number of hydrogen-bond donors (Lipinski definition) is 0. The Bertz CT molecular complexity index is 1490. The van der Waals surface area contributed by atoms with Gasteiger partial charge < -0.3 is 14.2 Å². The molecule has 244 valence electrons. The van der Waals surface area contributed by atoms with E-state index >= 15 is 0 Å². The van der Waals surface area contributed by atoms with E-state index in [1.165, 1.54) is 23.1 Å². The molecule has 0 radical (unpaired) electrons. The lowest BCUT2D eigenvalue weighted by Crippen LogP contribution is -2.62. The number of amides is 2. The van der Waals surface area contributed by atoms with Crippen LogP contribution in [0.25, 0.3) is 0 Å². The summed E-state index contributed by atoms with van der Waals surface area (Å²) in [6.45, 7) is 3.76. The molecule has 2 amide bonds. The molecule has 0 spiro atoms. The Morgan fingerprint density at radius 2 is 1.74 bits per heavy atom. The molecule has 3 aromatic rings. The van der Waals surface area contributed by atoms with Crippen molar-refractivity contribution >= 4 is 39.5 Å². The zero-order chi connectivity index (χ0) is 31.6. The molecular formula is C36H43BrClN5O3. The quantitative estimate of drug-likeness (QED) is 0.289. The number of pyridine rings is 1. The molecule has 2 aromatic heterocycles. The molecule has 1 saturated carbocycles. The standard InChI is InChI=1S/C36H43BrClN5O3/c37-28-19-27-11-10-26-20-29(38)12-13-31(26)34(33(27)39-21-28)41-17-18-43(36(45)46-30-8-2-1-3-9-30)32(24-41)35(44)42-16-6-7-25(23-42)22-40-14-4-5-15-40/h4-5,12-15,19-21,25,30,32,34H,1-3,6-11,16-18,22-24H2/t25-,32+,34+/m0/s1. The summed E-state index contributed by atoms with van der Waals surface area (Å²) < 4.78 is 9.25. The number of aromatic nitrogens is 2. The second kappa shape index (κ2) is 14.1. The largest absolute Gasteiger partial charge is 0.446 e. The van der Waals surface area contributed by atoms with Crippen LogP contribution < -0.4 is 0 Å². The molecule has 1 aromatic carbocycles. The molecule has 10 heteroatoms. The highest BCUT2D eigenvalue weighted by atomic mass is 79.9. The number of piperazine rings is 1. The zero-order valence-electron chi connectivity index (χ0n) is 26.3. The number of aryl methyl sites for hydroxylation is 2. The molecule has 2 aliphatic carbocycles. The highest BCUT2D eigenvalue weighted by Gasteiger charge is 2.43. The second-order valence-electron chi connectivity index (χ2n) is 13.5. The fourth-order valence-corrected chi connectivity index (χ4v) is 8.63. The molecular weight excluding hydrogens is 666 g/mol. The highest BCUT2D eigenvalue weighted by Crippen LogP contribution is 2.39. The number of ether oxygens (including phenoxy) is 1. The summed E-state index contributed by atoms with van der Waals surface area (Å²) in [6.07, 6.45) is 14.6. The van der Waals surface area contributed by atoms with Gasteiger partial charge in [0.15, 0.2) is 0 Å². The van der Waals surface area contributed by atoms with Crippen LogP contribution in [0, 0.1) is 5.92 Å². The summed E-state index contributed by atoms with van der Waals surface area (Å²) in [5.74, 6) is 0.400. The summed E-state index contributed by atoms with van der Waals surface area (Å²) >= 11 is 10.1. The number of likely N-dealkylation sites (tertiary alicyclic amines) is 1. The second-order valence-corrected chi connectivity index (χ2v) is 14.8. The predicted molar refractivity (Wildman–Crippen MR) is 182 cm³/mol. The molecule has 0 N–H and O–H groups in total. The lowest BCUT2D eigenvalue weighted by Gasteiger charge is -2.45. The number of hydrogen-bond acceptors (Lipinski definition) is 5. The Morgan fingerprint density at radius 3 is 2.57 bits per heavy atom. The van der Waals surface area contributed by atoms with Gasteiger partial charge in [-0.15, -0.1) is 0 Å². The van der Waals surface area contributed by atoms with Gasteiger partial charge in [-0.25, -0.2) is 4.79 Å². The van der Waals surface area contributed by atoms with Gasteiger partial charge in [-0.05, 0) is 120 Å². The monoisotopic (exact) mass is 707 g/mol. The van der Waals surface area contributed by atoms with Crippen LogP contribution >= 0.6 is 27.5 Å². The van der Waals surface area contributed by atoms with Crippen molar-refractivity contribution in [1.82, 2.24) is 24.3 Å². The third-order valence-corrected chi connectivity index (χ3v) is 11.0. The van der Waals surface area contributed by atoms with Gasteiger partial charge in [-0.1, -0.05) is 24.1 Å². The fourth-order valence-electron chi connectivity index (χ4n) is 8.06. The topological polar surface area (TPSA) is 70.9 Å². The summed E-state index contributed by atoms with van der Waals surface area (Å²) in [6, 6.07) is 11.6. The van der Waals surface area contributed by atoms with Crippen molar-refractivity contribution in [3.05, 3.63) is 86.9 Å². The van der Waals surface area contributed by atoms with Crippen LogP contribution in [0.15, 0.2) is 59.5 Å². The maximum absolute atomic E-state index is 14.6. The van der Waals surface area contributed by atoms with Crippen LogP contribution in [-0.4, -0.2) is 81.1 Å². The molecule has 2 aliphatic heterocycles. The van der Waals surface area contributed by atoms with E-state index in [1.807, 2.05) is 29.3 Å². The Morgan fingerprint density at radius 1 is 0.935 bits per heavy atom. The molecule has 2 saturated heterocycles. The van der Waals surface area contributed by atoms with Crippen LogP contribution in [0.5, 0.6) is 0 Å². The lowest BCUT2D eigenvalue weighted by atomic mass is 9.94. The Kier molecular flexibility index (Phi) is 9.70. The average molecular weight is 709 g/mol. The van der Waals surface area contributed by atoms with E-state index in [2.05, 4.69) is 56.0 Å². The molecule has 3 fully saturated rings. The highest BCUT2D eigenvalue weighted by molar-refractivity contribution is 9.10. The van der Waals surface area contributed by atoms with Crippen molar-refractivity contribution < 1.29 is 14.3 Å². The van der Waals surface area contributed by atoms with Gasteiger partial charge in [0.25, 0.3) is 0 Å². The molecule has 4 heterocycles. The molecule has 7 rings (SSSR count). The first-order valence-electron chi connectivity index (χ1n) is 17.0. The fraction of sp³-hybridized carbons (Fsp3) is 0.528. The van der Waals surface area contributed by atoms with Crippen molar-refractivity contribution in [1.29, 1.82) is 0 Å². The minimum absolute atomic E-state index is 0.0245. The number of halogens is 2. The number of fused-ring (bicyclic) bond motifs is 2. The summed E-state index contributed by atoms with van der Waals surface area (Å²) in [7, 11) is 0. The van der Waals surface area contributed by atoms with E-state index in [9.17, 15) is 9.59 Å². The van der Waals surface area contributed by atoms with Gasteiger partial charge in [0.1, 0.15) is 12.1 Å². The first-order valence-corrected chi connectivity index (χ1v) is 18.1. The minimum atomic E-state index is -0.631. The van der Waals surface area contributed by atoms with Crippen LogP contribution in [0.4, 0.5) is 4.79 Å². The zero-order valence-corrected chi connectivity index (χ0v) is 28.7. The van der Waals surface area contributed by atoms with Crippen LogP contribution in [0.3, 0.4) is 0 Å². The number of carbonyl (C=O) groups excluding carboxylic acids is 2. The van der Waals surface area contributed by atoms with Gasteiger partial charge in [0.05, 0.1) is 11.7 Å². The molecule has 0 bridgehead atoms. The van der Waals surface area contributed by atoms with E-state index in [0.717, 1.165) is 73.1 Å². The van der Waals surface area contributed by atoms with Crippen molar-refractivity contribution in [3.63, 3.8) is 0 Å². The van der Waals surface area contributed by atoms with Gasteiger partial charge in [0.2, 0.25) is 5.91 Å². The van der Waals surface area contributed by atoms with Gasteiger partial charge in [0, 0.05) is 67.4 Å². The number of piperidine rings is 1. The van der Waals surface area contributed by atoms with E-state index in [1.54, 1.807) is 4.90 Å². The Labute approximate surface area is 285 Å². The summed E-state index contributed by atoms with van der Waals surface area (Å²) in [5, 5.41) is 0.723. The maximum Gasteiger partial charge on any atom is 0.410 e. The molecule has 3 atom stereocenters.